The molecule has 0 atom stereocenters. The maximum Gasteiger partial charge on any atom is 0.253 e. The molecule has 0 saturated carbocycles. The molecule has 0 saturated heterocycles. The molecule has 2 amide bonds. The van der Waals surface area contributed by atoms with Gasteiger partial charge in [-0.3, -0.25) is 9.59 Å². The highest BCUT2D eigenvalue weighted by atomic mass is 79.9. The minimum Gasteiger partial charge on any atom is -0.365 e. The summed E-state index contributed by atoms with van der Waals surface area (Å²) in [6.45, 7) is 5.56. The summed E-state index contributed by atoms with van der Waals surface area (Å²) in [5.74, 6) is -1.84. The van der Waals surface area contributed by atoms with E-state index in [1.807, 2.05) is 20.8 Å². The second-order valence-electron chi connectivity index (χ2n) is 5.80. The van der Waals surface area contributed by atoms with Gasteiger partial charge in [0.15, 0.2) is 0 Å². The van der Waals surface area contributed by atoms with Gasteiger partial charge in [0.05, 0.1) is 17.8 Å². The molecule has 1 aromatic carbocycles. The van der Waals surface area contributed by atoms with E-state index in [0.717, 1.165) is 6.07 Å². The lowest BCUT2D eigenvalue weighted by atomic mass is 10.1. The first-order chi connectivity index (χ1) is 9.51. The van der Waals surface area contributed by atoms with Crippen molar-refractivity contribution in [3.05, 3.63) is 28.0 Å². The van der Waals surface area contributed by atoms with Crippen molar-refractivity contribution in [3.8, 4) is 0 Å². The number of nitrogens with two attached hydrogens (primary N) is 1. The Morgan fingerprint density at radius 1 is 1.38 bits per heavy atom. The molecular formula is C14H19BrFN3O2. The molecule has 1 rings (SSSR count). The van der Waals surface area contributed by atoms with Gasteiger partial charge in [0.25, 0.3) is 5.91 Å². The summed E-state index contributed by atoms with van der Waals surface area (Å²) in [6, 6.07) is 2.71. The van der Waals surface area contributed by atoms with Crippen LogP contribution in [0.2, 0.25) is 0 Å². The summed E-state index contributed by atoms with van der Waals surface area (Å²) in [7, 11) is 1.59. The summed E-state index contributed by atoms with van der Waals surface area (Å²) in [5.41, 5.74) is 4.88. The second-order valence-corrected chi connectivity index (χ2v) is 6.72. The highest BCUT2D eigenvalue weighted by Crippen LogP contribution is 2.27. The first-order valence-corrected chi connectivity index (χ1v) is 7.11. The minimum atomic E-state index is -0.877. The van der Waals surface area contributed by atoms with E-state index >= 15 is 0 Å². The maximum atomic E-state index is 13.9. The fourth-order valence-electron chi connectivity index (χ4n) is 1.86. The Bertz CT molecular complexity index is 570. The third kappa shape index (κ3) is 5.00. The third-order valence-electron chi connectivity index (χ3n) is 2.59. The second kappa shape index (κ2) is 6.43. The first-order valence-electron chi connectivity index (χ1n) is 6.32. The summed E-state index contributed by atoms with van der Waals surface area (Å²) < 4.78 is 14.3. The Labute approximate surface area is 131 Å². The smallest absolute Gasteiger partial charge is 0.253 e. The molecule has 0 aromatic heterocycles. The summed E-state index contributed by atoms with van der Waals surface area (Å²) in [6.07, 6.45) is 0. The van der Waals surface area contributed by atoms with Gasteiger partial charge in [-0.2, -0.15) is 0 Å². The molecule has 0 aliphatic heterocycles. The van der Waals surface area contributed by atoms with Gasteiger partial charge in [0.2, 0.25) is 5.91 Å². The Kier molecular flexibility index (Phi) is 5.33. The average Bonchev–Trinajstić information content (AvgIpc) is 2.23. The first kappa shape index (κ1) is 17.4. The number of amides is 2. The number of rotatable bonds is 4. The zero-order valence-electron chi connectivity index (χ0n) is 12.5. The Hall–Kier alpha value is -1.63. The largest absolute Gasteiger partial charge is 0.365 e. The van der Waals surface area contributed by atoms with Crippen LogP contribution in [0.1, 0.15) is 31.1 Å². The van der Waals surface area contributed by atoms with E-state index in [2.05, 4.69) is 21.2 Å². The van der Waals surface area contributed by atoms with E-state index in [0.29, 0.717) is 4.47 Å². The molecule has 1 aromatic rings. The maximum absolute atomic E-state index is 13.9. The molecule has 0 radical (unpaired) electrons. The fourth-order valence-corrected chi connectivity index (χ4v) is 2.28. The van der Waals surface area contributed by atoms with Crippen LogP contribution in [0.15, 0.2) is 16.6 Å². The normalized spacial score (nSPS) is 11.1. The van der Waals surface area contributed by atoms with Crippen molar-refractivity contribution in [1.29, 1.82) is 0 Å². The van der Waals surface area contributed by atoms with Crippen molar-refractivity contribution < 1.29 is 14.0 Å². The molecule has 0 fully saturated rings. The van der Waals surface area contributed by atoms with Crippen LogP contribution in [0.3, 0.4) is 0 Å². The Morgan fingerprint density at radius 2 is 1.95 bits per heavy atom. The van der Waals surface area contributed by atoms with E-state index < -0.39 is 11.7 Å². The average molecular weight is 360 g/mol. The lowest BCUT2D eigenvalue weighted by Gasteiger charge is -2.25. The van der Waals surface area contributed by atoms with E-state index in [1.54, 1.807) is 13.1 Å². The number of carbonyl (C=O) groups is 2. The van der Waals surface area contributed by atoms with Crippen molar-refractivity contribution in [3.63, 3.8) is 0 Å². The molecule has 0 bridgehead atoms. The van der Waals surface area contributed by atoms with Gasteiger partial charge < -0.3 is 16.0 Å². The monoisotopic (exact) mass is 359 g/mol. The number of hydrogen-bond donors (Lipinski definition) is 2. The highest BCUT2D eigenvalue weighted by Gasteiger charge is 2.21. The van der Waals surface area contributed by atoms with Crippen molar-refractivity contribution in [2.75, 3.05) is 18.5 Å². The zero-order chi connectivity index (χ0) is 16.4. The number of anilines is 1. The van der Waals surface area contributed by atoms with Crippen molar-refractivity contribution in [2.45, 2.75) is 26.3 Å². The molecule has 0 spiro atoms. The van der Waals surface area contributed by atoms with Crippen LogP contribution in [0.25, 0.3) is 0 Å². The number of carbonyl (C=O) groups excluding carboxylic acids is 2. The zero-order valence-corrected chi connectivity index (χ0v) is 14.0. The minimum absolute atomic E-state index is 0.0204. The van der Waals surface area contributed by atoms with Gasteiger partial charge in [-0.1, -0.05) is 15.9 Å². The van der Waals surface area contributed by atoms with Crippen LogP contribution in [-0.2, 0) is 4.79 Å². The van der Waals surface area contributed by atoms with Gasteiger partial charge in [0, 0.05) is 17.1 Å². The third-order valence-corrected chi connectivity index (χ3v) is 3.04. The molecule has 0 aliphatic carbocycles. The number of halogens is 2. The molecule has 3 N–H and O–H groups in total. The predicted molar refractivity (Wildman–Crippen MR) is 83.8 cm³/mol. The van der Waals surface area contributed by atoms with Crippen LogP contribution in [-0.4, -0.2) is 30.9 Å². The van der Waals surface area contributed by atoms with Crippen molar-refractivity contribution in [2.24, 2.45) is 5.73 Å². The van der Waals surface area contributed by atoms with E-state index in [-0.39, 0.29) is 29.2 Å². The Morgan fingerprint density at radius 3 is 2.43 bits per heavy atom. The lowest BCUT2D eigenvalue weighted by Crippen LogP contribution is -2.45. The standard InChI is InChI=1S/C14H19BrFN3O2/c1-14(2,3)18-11(20)7-19(4)10-6-8(15)5-9(16)12(10)13(17)21/h5-6H,7H2,1-4H3,(H2,17,21)(H,18,20). The van der Waals surface area contributed by atoms with Crippen molar-refractivity contribution >= 4 is 33.4 Å². The summed E-state index contributed by atoms with van der Waals surface area (Å²) >= 11 is 3.16. The quantitative estimate of drug-likeness (QED) is 0.863. The van der Waals surface area contributed by atoms with Gasteiger partial charge in [-0.05, 0) is 32.9 Å². The van der Waals surface area contributed by atoms with Crippen LogP contribution in [0.5, 0.6) is 0 Å². The van der Waals surface area contributed by atoms with Crippen molar-refractivity contribution in [1.82, 2.24) is 5.32 Å². The number of nitrogens with zero attached hydrogens (tertiary/aromatic N) is 1. The van der Waals surface area contributed by atoms with Crippen LogP contribution in [0.4, 0.5) is 10.1 Å². The SMILES string of the molecule is CN(CC(=O)NC(C)(C)C)c1cc(Br)cc(F)c1C(N)=O. The van der Waals surface area contributed by atoms with Gasteiger partial charge >= 0.3 is 0 Å². The molecule has 0 unspecified atom stereocenters. The van der Waals surface area contributed by atoms with Crippen LogP contribution in [0, 0.1) is 5.82 Å². The van der Waals surface area contributed by atoms with Crippen LogP contribution >= 0.6 is 15.9 Å². The lowest BCUT2D eigenvalue weighted by molar-refractivity contribution is -0.121. The molecule has 7 heteroatoms. The molecule has 0 aliphatic rings. The van der Waals surface area contributed by atoms with Gasteiger partial charge in [0.1, 0.15) is 5.82 Å². The molecule has 116 valence electrons. The predicted octanol–water partition coefficient (Wildman–Crippen LogP) is 2.04. The number of likely N-dealkylation sites (N-methyl/N-ethyl adjacent to an activating group) is 1. The van der Waals surface area contributed by atoms with E-state index in [9.17, 15) is 14.0 Å². The van der Waals surface area contributed by atoms with Gasteiger partial charge in [-0.15, -0.1) is 0 Å². The fraction of sp³-hybridized carbons (Fsp3) is 0.429. The van der Waals surface area contributed by atoms with E-state index in [1.165, 1.54) is 4.90 Å². The Balaban J connectivity index is 3.05. The molecule has 0 heterocycles. The highest BCUT2D eigenvalue weighted by molar-refractivity contribution is 9.10. The topological polar surface area (TPSA) is 75.4 Å². The van der Waals surface area contributed by atoms with Crippen LogP contribution < -0.4 is 16.0 Å². The summed E-state index contributed by atoms with van der Waals surface area (Å²) in [5, 5.41) is 2.80. The molecule has 5 nitrogen and oxygen atoms in total. The number of hydrogen-bond acceptors (Lipinski definition) is 3. The number of nitrogens with one attached hydrogen (secondary N) is 1. The molecule has 21 heavy (non-hydrogen) atoms. The number of primary amides is 1. The van der Waals surface area contributed by atoms with E-state index in [4.69, 9.17) is 5.73 Å². The molecular weight excluding hydrogens is 341 g/mol. The summed E-state index contributed by atoms with van der Waals surface area (Å²) in [4.78, 5) is 24.8. The van der Waals surface area contributed by atoms with Gasteiger partial charge in [-0.25, -0.2) is 4.39 Å². The number of benzene rings is 1.